The summed E-state index contributed by atoms with van der Waals surface area (Å²) < 4.78 is 4.99. The molecule has 0 aliphatic carbocycles. The lowest BCUT2D eigenvalue weighted by molar-refractivity contribution is -0.138. The number of benzene rings is 1. The molecule has 0 bridgehead atoms. The van der Waals surface area contributed by atoms with Crippen molar-refractivity contribution >= 4 is 17.7 Å². The van der Waals surface area contributed by atoms with Gasteiger partial charge >= 0.3 is 5.97 Å². The van der Waals surface area contributed by atoms with Gasteiger partial charge in [-0.3, -0.25) is 0 Å². The molecule has 110 valence electrons. The van der Waals surface area contributed by atoms with Crippen molar-refractivity contribution in [3.05, 3.63) is 46.5 Å². The van der Waals surface area contributed by atoms with Crippen molar-refractivity contribution in [1.82, 2.24) is 4.90 Å². The molecule has 1 fully saturated rings. The lowest BCUT2D eigenvalue weighted by atomic mass is 10.2. The summed E-state index contributed by atoms with van der Waals surface area (Å²) in [6, 6.07) is 12.1. The molecule has 0 unspecified atom stereocenters. The third-order valence-corrected chi connectivity index (χ3v) is 4.35. The number of esters is 1. The molecule has 1 aliphatic rings. The first-order valence-corrected chi connectivity index (χ1v) is 7.98. The Morgan fingerprint density at radius 3 is 2.86 bits per heavy atom. The molecule has 0 amide bonds. The summed E-state index contributed by atoms with van der Waals surface area (Å²) in [6.45, 7) is 3.57. The van der Waals surface area contributed by atoms with Crippen LogP contribution in [0.3, 0.4) is 0 Å². The van der Waals surface area contributed by atoms with Crippen LogP contribution in [0.1, 0.15) is 18.9 Å². The first-order chi connectivity index (χ1) is 10.3. The van der Waals surface area contributed by atoms with Crippen LogP contribution < -0.4 is 0 Å². The zero-order chi connectivity index (χ0) is 15.1. The Kier molecular flexibility index (Phi) is 5.70. The van der Waals surface area contributed by atoms with Crippen LogP contribution in [0.5, 0.6) is 0 Å². The number of ether oxygens (including phenoxy) is 1. The molecular weight excluding hydrogens is 284 g/mol. The maximum Gasteiger partial charge on any atom is 0.351 e. The van der Waals surface area contributed by atoms with Crippen molar-refractivity contribution in [3.63, 3.8) is 0 Å². The maximum absolute atomic E-state index is 11.9. The van der Waals surface area contributed by atoms with Crippen LogP contribution >= 0.6 is 11.8 Å². The number of carbonyl (C=O) groups excluding carboxylic acids is 1. The Labute approximate surface area is 129 Å². The van der Waals surface area contributed by atoms with Crippen molar-refractivity contribution in [2.45, 2.75) is 19.9 Å². The molecule has 2 rings (SSSR count). The number of nitrogens with zero attached hydrogens (tertiary/aromatic N) is 2. The Morgan fingerprint density at radius 1 is 1.43 bits per heavy atom. The summed E-state index contributed by atoms with van der Waals surface area (Å²) in [6.07, 6.45) is 1.04. The van der Waals surface area contributed by atoms with Crippen molar-refractivity contribution in [1.29, 1.82) is 5.26 Å². The number of carbonyl (C=O) groups is 1. The van der Waals surface area contributed by atoms with Gasteiger partial charge in [0.1, 0.15) is 6.07 Å². The summed E-state index contributed by atoms with van der Waals surface area (Å²) in [7, 11) is 0. The van der Waals surface area contributed by atoms with E-state index in [0.717, 1.165) is 23.7 Å². The summed E-state index contributed by atoms with van der Waals surface area (Å²) in [5.74, 6) is 0.396. The number of thioether (sulfide) groups is 1. The van der Waals surface area contributed by atoms with E-state index in [1.54, 1.807) is 18.7 Å². The second-order valence-electron chi connectivity index (χ2n) is 4.62. The van der Waals surface area contributed by atoms with Gasteiger partial charge in [0, 0.05) is 18.8 Å². The van der Waals surface area contributed by atoms with Crippen LogP contribution in [0, 0.1) is 11.3 Å². The summed E-state index contributed by atoms with van der Waals surface area (Å²) in [5.41, 5.74) is 1.29. The van der Waals surface area contributed by atoms with Crippen LogP contribution in [0.2, 0.25) is 0 Å². The van der Waals surface area contributed by atoms with E-state index in [1.807, 2.05) is 36.4 Å². The Bertz CT molecular complexity index is 563. The molecule has 0 atom stereocenters. The van der Waals surface area contributed by atoms with Crippen LogP contribution in [-0.4, -0.2) is 29.8 Å². The molecule has 1 aromatic rings. The largest absolute Gasteiger partial charge is 0.462 e. The van der Waals surface area contributed by atoms with Gasteiger partial charge in [-0.15, -0.1) is 11.8 Å². The van der Waals surface area contributed by atoms with Crippen molar-refractivity contribution in [2.75, 3.05) is 18.9 Å². The summed E-state index contributed by atoms with van der Waals surface area (Å²) in [4.78, 5) is 14.0. The highest BCUT2D eigenvalue weighted by atomic mass is 32.2. The van der Waals surface area contributed by atoms with Crippen LogP contribution in [-0.2, 0) is 16.1 Å². The van der Waals surface area contributed by atoms with Gasteiger partial charge in [-0.2, -0.15) is 5.26 Å². The first-order valence-electron chi connectivity index (χ1n) is 6.99. The standard InChI is InChI=1S/C16H18N2O2S/c1-2-20-16(19)14(11-17)15-18(9-6-10-21-15)12-13-7-4-3-5-8-13/h3-5,7-8H,2,6,9-10,12H2,1H3/b15-14+. The fraction of sp³-hybridized carbons (Fsp3) is 0.375. The van der Waals surface area contributed by atoms with E-state index >= 15 is 0 Å². The average Bonchev–Trinajstić information content (AvgIpc) is 2.51. The zero-order valence-corrected chi connectivity index (χ0v) is 12.9. The minimum absolute atomic E-state index is 0.123. The predicted molar refractivity (Wildman–Crippen MR) is 83.2 cm³/mol. The monoisotopic (exact) mass is 302 g/mol. The minimum Gasteiger partial charge on any atom is -0.462 e. The van der Waals surface area contributed by atoms with E-state index in [9.17, 15) is 10.1 Å². The highest BCUT2D eigenvalue weighted by molar-refractivity contribution is 8.03. The Hall–Kier alpha value is -1.93. The predicted octanol–water partition coefficient (Wildman–Crippen LogP) is 2.92. The Morgan fingerprint density at radius 2 is 2.19 bits per heavy atom. The first kappa shape index (κ1) is 15.5. The highest BCUT2D eigenvalue weighted by Gasteiger charge is 2.24. The molecule has 1 aromatic carbocycles. The van der Waals surface area contributed by atoms with Gasteiger partial charge in [0.2, 0.25) is 0 Å². The van der Waals surface area contributed by atoms with E-state index < -0.39 is 5.97 Å². The topological polar surface area (TPSA) is 53.3 Å². The third kappa shape index (κ3) is 4.02. The molecule has 4 nitrogen and oxygen atoms in total. The fourth-order valence-corrected chi connectivity index (χ4v) is 3.26. The van der Waals surface area contributed by atoms with E-state index in [2.05, 4.69) is 4.90 Å². The summed E-state index contributed by atoms with van der Waals surface area (Å²) in [5, 5.41) is 10.1. The SMILES string of the molecule is CCOC(=O)/C(C#N)=C1/SCCCN1Cc1ccccc1. The van der Waals surface area contributed by atoms with E-state index in [-0.39, 0.29) is 12.2 Å². The number of nitriles is 1. The summed E-state index contributed by atoms with van der Waals surface area (Å²) >= 11 is 1.56. The van der Waals surface area contributed by atoms with Crippen LogP contribution in [0.4, 0.5) is 0 Å². The van der Waals surface area contributed by atoms with E-state index in [1.165, 1.54) is 5.56 Å². The van der Waals surface area contributed by atoms with Gasteiger partial charge in [0.25, 0.3) is 0 Å². The number of rotatable bonds is 4. The quantitative estimate of drug-likeness (QED) is 0.486. The molecule has 1 heterocycles. The number of hydrogen-bond donors (Lipinski definition) is 0. The Balaban J connectivity index is 2.25. The fourth-order valence-electron chi connectivity index (χ4n) is 2.19. The third-order valence-electron chi connectivity index (χ3n) is 3.12. The van der Waals surface area contributed by atoms with Crippen LogP contribution in [0.25, 0.3) is 0 Å². The molecular formula is C16H18N2O2S. The molecule has 0 aromatic heterocycles. The highest BCUT2D eigenvalue weighted by Crippen LogP contribution is 2.31. The lowest BCUT2D eigenvalue weighted by Crippen LogP contribution is -2.29. The lowest BCUT2D eigenvalue weighted by Gasteiger charge is -2.31. The second-order valence-corrected chi connectivity index (χ2v) is 5.71. The van der Waals surface area contributed by atoms with Gasteiger partial charge in [0.15, 0.2) is 5.57 Å². The van der Waals surface area contributed by atoms with Gasteiger partial charge in [-0.1, -0.05) is 30.3 Å². The molecule has 1 saturated heterocycles. The second kappa shape index (κ2) is 7.75. The minimum atomic E-state index is -0.525. The van der Waals surface area contributed by atoms with Gasteiger partial charge in [-0.05, 0) is 18.9 Å². The molecule has 1 aliphatic heterocycles. The van der Waals surface area contributed by atoms with Gasteiger partial charge in [-0.25, -0.2) is 4.79 Å². The molecule has 0 saturated carbocycles. The molecule has 0 N–H and O–H groups in total. The molecule has 0 radical (unpaired) electrons. The average molecular weight is 302 g/mol. The molecule has 21 heavy (non-hydrogen) atoms. The van der Waals surface area contributed by atoms with Crippen molar-refractivity contribution in [2.24, 2.45) is 0 Å². The normalized spacial score (nSPS) is 17.0. The van der Waals surface area contributed by atoms with Crippen LogP contribution in [0.15, 0.2) is 40.9 Å². The van der Waals surface area contributed by atoms with Crippen molar-refractivity contribution < 1.29 is 9.53 Å². The molecule has 0 spiro atoms. The van der Waals surface area contributed by atoms with E-state index in [4.69, 9.17) is 4.74 Å². The van der Waals surface area contributed by atoms with Gasteiger partial charge < -0.3 is 9.64 Å². The van der Waals surface area contributed by atoms with Crippen molar-refractivity contribution in [3.8, 4) is 6.07 Å². The molecule has 5 heteroatoms. The van der Waals surface area contributed by atoms with E-state index in [0.29, 0.717) is 6.54 Å². The smallest absolute Gasteiger partial charge is 0.351 e. The maximum atomic E-state index is 11.9. The van der Waals surface area contributed by atoms with Gasteiger partial charge in [0.05, 0.1) is 11.6 Å². The number of hydrogen-bond acceptors (Lipinski definition) is 5. The zero-order valence-electron chi connectivity index (χ0n) is 12.0.